The molecule has 0 aliphatic rings. The summed E-state index contributed by atoms with van der Waals surface area (Å²) in [6.45, 7) is 1.92. The Hall–Kier alpha value is -0.580. The number of nitrogen functional groups attached to an aromatic ring is 1. The summed E-state index contributed by atoms with van der Waals surface area (Å²) in [5.74, 6) is 0. The highest BCUT2D eigenvalue weighted by molar-refractivity contribution is 9.09. The number of anilines is 1. The van der Waals surface area contributed by atoms with Crippen LogP contribution in [0.3, 0.4) is 0 Å². The van der Waals surface area contributed by atoms with Crippen LogP contribution in [0.1, 0.15) is 17.2 Å². The molecule has 1 rings (SSSR count). The molecular weight excluding hydrogens is 246 g/mol. The van der Waals surface area contributed by atoms with Crippen LogP contribution in [0.4, 0.5) is 5.69 Å². The molecule has 4 N–H and O–H groups in total. The molecule has 0 saturated carbocycles. The zero-order valence-corrected chi connectivity index (χ0v) is 9.53. The summed E-state index contributed by atoms with van der Waals surface area (Å²) in [5, 5.41) is 19.4. The predicted octanol–water partition coefficient (Wildman–Crippen LogP) is 1.37. The lowest BCUT2D eigenvalue weighted by atomic mass is 10.0. The second kappa shape index (κ2) is 4.77. The summed E-state index contributed by atoms with van der Waals surface area (Å²) in [6.07, 6.45) is -1.77. The number of nitrogens with two attached hydrogens (primary N) is 1. The first-order valence-corrected chi connectivity index (χ1v) is 5.46. The highest BCUT2D eigenvalue weighted by Gasteiger charge is 2.18. The molecule has 0 aliphatic heterocycles. The van der Waals surface area contributed by atoms with Gasteiger partial charge in [-0.05, 0) is 18.6 Å². The number of alkyl halides is 1. The third-order valence-electron chi connectivity index (χ3n) is 2.08. The molecule has 1 aromatic carbocycles. The first kappa shape index (κ1) is 11.5. The van der Waals surface area contributed by atoms with Crippen molar-refractivity contribution in [1.82, 2.24) is 0 Å². The topological polar surface area (TPSA) is 66.5 Å². The Morgan fingerprint density at radius 1 is 1.43 bits per heavy atom. The summed E-state index contributed by atoms with van der Waals surface area (Å²) < 4.78 is 0. The largest absolute Gasteiger partial charge is 0.398 e. The van der Waals surface area contributed by atoms with E-state index in [9.17, 15) is 10.2 Å². The number of aliphatic hydroxyl groups is 2. The van der Waals surface area contributed by atoms with E-state index in [2.05, 4.69) is 15.9 Å². The highest BCUT2D eigenvalue weighted by Crippen LogP contribution is 2.24. The minimum Gasteiger partial charge on any atom is -0.398 e. The molecule has 0 spiro atoms. The van der Waals surface area contributed by atoms with E-state index in [0.717, 1.165) is 5.56 Å². The average molecular weight is 260 g/mol. The number of aryl methyl sites for hydroxylation is 1. The number of halogens is 1. The molecule has 0 aliphatic carbocycles. The van der Waals surface area contributed by atoms with E-state index in [1.165, 1.54) is 0 Å². The van der Waals surface area contributed by atoms with Crippen molar-refractivity contribution in [3.05, 3.63) is 29.3 Å². The fourth-order valence-electron chi connectivity index (χ4n) is 1.26. The normalized spacial score (nSPS) is 15.1. The van der Waals surface area contributed by atoms with Gasteiger partial charge in [-0.3, -0.25) is 0 Å². The van der Waals surface area contributed by atoms with Gasteiger partial charge in [0, 0.05) is 16.6 Å². The number of rotatable bonds is 3. The standard InChI is InChI=1S/C10H14BrNO2/c1-6-2-3-7(8(12)4-6)10(14)9(13)5-11/h2-4,9-10,13-14H,5,12H2,1H3. The van der Waals surface area contributed by atoms with Gasteiger partial charge in [0.15, 0.2) is 0 Å². The van der Waals surface area contributed by atoms with E-state index in [1.54, 1.807) is 12.1 Å². The Kier molecular flexibility index (Phi) is 3.92. The van der Waals surface area contributed by atoms with Crippen molar-refractivity contribution in [3.63, 3.8) is 0 Å². The molecular formula is C10H14BrNO2. The van der Waals surface area contributed by atoms with Gasteiger partial charge in [-0.1, -0.05) is 28.1 Å². The van der Waals surface area contributed by atoms with Gasteiger partial charge in [0.25, 0.3) is 0 Å². The van der Waals surface area contributed by atoms with Gasteiger partial charge in [-0.15, -0.1) is 0 Å². The summed E-state index contributed by atoms with van der Waals surface area (Å²) in [4.78, 5) is 0. The van der Waals surface area contributed by atoms with Gasteiger partial charge in [0.05, 0.1) is 6.10 Å². The first-order chi connectivity index (χ1) is 6.56. The van der Waals surface area contributed by atoms with Crippen molar-refractivity contribution in [2.24, 2.45) is 0 Å². The maximum absolute atomic E-state index is 9.70. The lowest BCUT2D eigenvalue weighted by molar-refractivity contribution is 0.0347. The van der Waals surface area contributed by atoms with E-state index in [0.29, 0.717) is 16.6 Å². The smallest absolute Gasteiger partial charge is 0.108 e. The molecule has 78 valence electrons. The van der Waals surface area contributed by atoms with E-state index in [-0.39, 0.29) is 0 Å². The fraction of sp³-hybridized carbons (Fsp3) is 0.400. The molecule has 0 radical (unpaired) electrons. The van der Waals surface area contributed by atoms with Crippen molar-refractivity contribution in [2.45, 2.75) is 19.1 Å². The van der Waals surface area contributed by atoms with Crippen LogP contribution in [0.25, 0.3) is 0 Å². The van der Waals surface area contributed by atoms with Crippen molar-refractivity contribution in [2.75, 3.05) is 11.1 Å². The summed E-state index contributed by atoms with van der Waals surface area (Å²) in [5.41, 5.74) is 7.85. The van der Waals surface area contributed by atoms with E-state index in [1.807, 2.05) is 13.0 Å². The van der Waals surface area contributed by atoms with Gasteiger partial charge >= 0.3 is 0 Å². The van der Waals surface area contributed by atoms with Gasteiger partial charge < -0.3 is 15.9 Å². The maximum Gasteiger partial charge on any atom is 0.108 e. The van der Waals surface area contributed by atoms with Crippen LogP contribution < -0.4 is 5.73 Å². The maximum atomic E-state index is 9.70. The van der Waals surface area contributed by atoms with Crippen LogP contribution >= 0.6 is 15.9 Å². The van der Waals surface area contributed by atoms with Gasteiger partial charge in [-0.2, -0.15) is 0 Å². The fourth-order valence-corrected chi connectivity index (χ4v) is 1.61. The Morgan fingerprint density at radius 2 is 2.07 bits per heavy atom. The zero-order valence-electron chi connectivity index (χ0n) is 7.94. The van der Waals surface area contributed by atoms with Crippen molar-refractivity contribution >= 4 is 21.6 Å². The van der Waals surface area contributed by atoms with Gasteiger partial charge in [0.1, 0.15) is 6.10 Å². The molecule has 1 aromatic rings. The van der Waals surface area contributed by atoms with Crippen LogP contribution in [0.15, 0.2) is 18.2 Å². The molecule has 0 saturated heterocycles. The molecule has 0 bridgehead atoms. The van der Waals surface area contributed by atoms with Crippen molar-refractivity contribution in [1.29, 1.82) is 0 Å². The number of aliphatic hydroxyl groups excluding tert-OH is 2. The number of hydrogen-bond donors (Lipinski definition) is 3. The van der Waals surface area contributed by atoms with Crippen LogP contribution in [0.2, 0.25) is 0 Å². The third kappa shape index (κ3) is 2.47. The Balaban J connectivity index is 2.95. The quantitative estimate of drug-likeness (QED) is 0.568. The van der Waals surface area contributed by atoms with Crippen LogP contribution in [0, 0.1) is 6.92 Å². The molecule has 0 amide bonds. The lowest BCUT2D eigenvalue weighted by Crippen LogP contribution is -2.20. The molecule has 3 nitrogen and oxygen atoms in total. The van der Waals surface area contributed by atoms with Gasteiger partial charge in [-0.25, -0.2) is 0 Å². The lowest BCUT2D eigenvalue weighted by Gasteiger charge is -2.17. The Labute approximate surface area is 91.7 Å². The Bertz CT molecular complexity index is 317. The summed E-state index contributed by atoms with van der Waals surface area (Å²) in [7, 11) is 0. The van der Waals surface area contributed by atoms with Crippen molar-refractivity contribution < 1.29 is 10.2 Å². The molecule has 2 atom stereocenters. The zero-order chi connectivity index (χ0) is 10.7. The molecule has 0 fully saturated rings. The van der Waals surface area contributed by atoms with E-state index in [4.69, 9.17) is 5.73 Å². The monoisotopic (exact) mass is 259 g/mol. The van der Waals surface area contributed by atoms with Crippen LogP contribution in [-0.4, -0.2) is 21.6 Å². The highest BCUT2D eigenvalue weighted by atomic mass is 79.9. The summed E-state index contributed by atoms with van der Waals surface area (Å²) in [6, 6.07) is 5.37. The molecule has 0 aromatic heterocycles. The first-order valence-electron chi connectivity index (χ1n) is 4.34. The average Bonchev–Trinajstić information content (AvgIpc) is 2.15. The minimum atomic E-state index is -0.935. The van der Waals surface area contributed by atoms with Crippen LogP contribution in [0.5, 0.6) is 0 Å². The molecule has 4 heteroatoms. The van der Waals surface area contributed by atoms with Gasteiger partial charge in [0.2, 0.25) is 0 Å². The third-order valence-corrected chi connectivity index (χ3v) is 2.75. The van der Waals surface area contributed by atoms with E-state index >= 15 is 0 Å². The minimum absolute atomic E-state index is 0.321. The predicted molar refractivity (Wildman–Crippen MR) is 60.4 cm³/mol. The molecule has 2 unspecified atom stereocenters. The number of benzene rings is 1. The van der Waals surface area contributed by atoms with Crippen LogP contribution in [-0.2, 0) is 0 Å². The molecule has 0 heterocycles. The van der Waals surface area contributed by atoms with Crippen molar-refractivity contribution in [3.8, 4) is 0 Å². The Morgan fingerprint density at radius 3 is 2.57 bits per heavy atom. The SMILES string of the molecule is Cc1ccc(C(O)C(O)CBr)c(N)c1. The second-order valence-corrected chi connectivity index (χ2v) is 3.95. The number of hydrogen-bond acceptors (Lipinski definition) is 3. The molecule has 14 heavy (non-hydrogen) atoms. The van der Waals surface area contributed by atoms with E-state index < -0.39 is 12.2 Å². The summed E-state index contributed by atoms with van der Waals surface area (Å²) >= 11 is 3.10. The second-order valence-electron chi connectivity index (χ2n) is 3.30.